The van der Waals surface area contributed by atoms with Crippen LogP contribution in [0.3, 0.4) is 0 Å². The van der Waals surface area contributed by atoms with Crippen molar-refractivity contribution in [3.8, 4) is 5.75 Å². The van der Waals surface area contributed by atoms with Crippen LogP contribution in [0.25, 0.3) is 0 Å². The van der Waals surface area contributed by atoms with Crippen LogP contribution in [0.5, 0.6) is 5.75 Å². The molecule has 0 aliphatic heterocycles. The largest absolute Gasteiger partial charge is 0.497 e. The molecule has 2 aromatic carbocycles. The minimum Gasteiger partial charge on any atom is -0.497 e. The van der Waals surface area contributed by atoms with Gasteiger partial charge in [-0.2, -0.15) is 0 Å². The molecule has 2 aromatic rings. The molecule has 0 radical (unpaired) electrons. The SMILES string of the molecule is COc1cccc(C(C)(C=O)Cc2cccc(C)c2)c1. The highest BCUT2D eigenvalue weighted by Crippen LogP contribution is 2.29. The van der Waals surface area contributed by atoms with Gasteiger partial charge in [-0.15, -0.1) is 0 Å². The topological polar surface area (TPSA) is 26.3 Å². The number of ether oxygens (including phenoxy) is 1. The van der Waals surface area contributed by atoms with E-state index in [4.69, 9.17) is 4.74 Å². The summed E-state index contributed by atoms with van der Waals surface area (Å²) in [5.74, 6) is 0.778. The molecule has 0 saturated carbocycles. The van der Waals surface area contributed by atoms with Crippen LogP contribution in [0.4, 0.5) is 0 Å². The molecule has 0 aliphatic carbocycles. The Bertz CT molecular complexity index is 604. The van der Waals surface area contributed by atoms with Gasteiger partial charge in [0, 0.05) is 0 Å². The smallest absolute Gasteiger partial charge is 0.130 e. The lowest BCUT2D eigenvalue weighted by Crippen LogP contribution is -2.26. The highest BCUT2D eigenvalue weighted by atomic mass is 16.5. The first-order valence-electron chi connectivity index (χ1n) is 6.74. The van der Waals surface area contributed by atoms with Crippen LogP contribution in [0.15, 0.2) is 48.5 Å². The van der Waals surface area contributed by atoms with Crippen LogP contribution in [0, 0.1) is 6.92 Å². The van der Waals surface area contributed by atoms with E-state index >= 15 is 0 Å². The Balaban J connectivity index is 2.35. The molecule has 0 heterocycles. The second kappa shape index (κ2) is 5.91. The van der Waals surface area contributed by atoms with E-state index in [1.54, 1.807) is 7.11 Å². The molecule has 0 saturated heterocycles. The molecule has 0 amide bonds. The molecule has 0 bridgehead atoms. The standard InChI is InChI=1S/C18H20O2/c1-14-6-4-7-15(10-14)12-18(2,13-19)16-8-5-9-17(11-16)20-3/h4-11,13H,12H2,1-3H3. The fraction of sp³-hybridized carbons (Fsp3) is 0.278. The third-order valence-electron chi connectivity index (χ3n) is 3.64. The summed E-state index contributed by atoms with van der Waals surface area (Å²) in [5.41, 5.74) is 2.82. The molecule has 1 unspecified atom stereocenters. The lowest BCUT2D eigenvalue weighted by Gasteiger charge is -2.24. The summed E-state index contributed by atoms with van der Waals surface area (Å²) in [6.45, 7) is 4.03. The summed E-state index contributed by atoms with van der Waals surface area (Å²) in [7, 11) is 1.64. The van der Waals surface area contributed by atoms with Gasteiger partial charge in [0.05, 0.1) is 12.5 Å². The van der Waals surface area contributed by atoms with Crippen molar-refractivity contribution in [1.29, 1.82) is 0 Å². The maximum atomic E-state index is 11.7. The Labute approximate surface area is 120 Å². The van der Waals surface area contributed by atoms with Crippen LogP contribution >= 0.6 is 0 Å². The molecule has 0 N–H and O–H groups in total. The van der Waals surface area contributed by atoms with Gasteiger partial charge < -0.3 is 9.53 Å². The monoisotopic (exact) mass is 268 g/mol. The zero-order valence-corrected chi connectivity index (χ0v) is 12.2. The van der Waals surface area contributed by atoms with Gasteiger partial charge in [-0.05, 0) is 43.5 Å². The quantitative estimate of drug-likeness (QED) is 0.773. The summed E-state index contributed by atoms with van der Waals surface area (Å²) in [6, 6.07) is 16.0. The van der Waals surface area contributed by atoms with Crippen LogP contribution in [-0.4, -0.2) is 13.4 Å². The van der Waals surface area contributed by atoms with E-state index in [9.17, 15) is 4.79 Å². The number of carbonyl (C=O) groups is 1. The highest BCUT2D eigenvalue weighted by molar-refractivity contribution is 5.69. The van der Waals surface area contributed by atoms with Crippen molar-refractivity contribution >= 4 is 6.29 Å². The van der Waals surface area contributed by atoms with Gasteiger partial charge in [0.2, 0.25) is 0 Å². The van der Waals surface area contributed by atoms with E-state index in [0.717, 1.165) is 17.6 Å². The number of benzene rings is 2. The molecule has 20 heavy (non-hydrogen) atoms. The fourth-order valence-corrected chi connectivity index (χ4v) is 2.44. The summed E-state index contributed by atoms with van der Waals surface area (Å²) in [5, 5.41) is 0. The van der Waals surface area contributed by atoms with Crippen LogP contribution < -0.4 is 4.74 Å². The van der Waals surface area contributed by atoms with E-state index in [0.29, 0.717) is 6.42 Å². The first kappa shape index (κ1) is 14.3. The average molecular weight is 268 g/mol. The fourth-order valence-electron chi connectivity index (χ4n) is 2.44. The van der Waals surface area contributed by atoms with Gasteiger partial charge in [-0.1, -0.05) is 42.0 Å². The molecular formula is C18H20O2. The van der Waals surface area contributed by atoms with Gasteiger partial charge in [0.15, 0.2) is 0 Å². The third-order valence-corrected chi connectivity index (χ3v) is 3.64. The molecule has 0 aliphatic rings. The van der Waals surface area contributed by atoms with Gasteiger partial charge in [0.1, 0.15) is 12.0 Å². The van der Waals surface area contributed by atoms with E-state index in [1.165, 1.54) is 11.1 Å². The number of carbonyl (C=O) groups excluding carboxylic acids is 1. The molecule has 104 valence electrons. The number of hydrogen-bond donors (Lipinski definition) is 0. The predicted octanol–water partition coefficient (Wildman–Crippen LogP) is 3.70. The van der Waals surface area contributed by atoms with E-state index in [-0.39, 0.29) is 0 Å². The molecule has 2 heteroatoms. The Kier molecular flexibility index (Phi) is 4.23. The number of aldehydes is 1. The molecule has 0 spiro atoms. The van der Waals surface area contributed by atoms with E-state index < -0.39 is 5.41 Å². The van der Waals surface area contributed by atoms with Gasteiger partial charge in [-0.25, -0.2) is 0 Å². The van der Waals surface area contributed by atoms with Gasteiger partial charge in [0.25, 0.3) is 0 Å². The average Bonchev–Trinajstić information content (AvgIpc) is 2.47. The normalized spacial score (nSPS) is 13.6. The van der Waals surface area contributed by atoms with E-state index in [2.05, 4.69) is 25.1 Å². The molecule has 2 rings (SSSR count). The number of hydrogen-bond acceptors (Lipinski definition) is 2. The first-order chi connectivity index (χ1) is 9.57. The van der Waals surface area contributed by atoms with Crippen molar-refractivity contribution in [2.75, 3.05) is 7.11 Å². The van der Waals surface area contributed by atoms with Crippen LogP contribution in [-0.2, 0) is 16.6 Å². The van der Waals surface area contributed by atoms with Crippen molar-refractivity contribution in [3.05, 3.63) is 65.2 Å². The second-order valence-electron chi connectivity index (χ2n) is 5.43. The maximum absolute atomic E-state index is 11.7. The van der Waals surface area contributed by atoms with Crippen LogP contribution in [0.2, 0.25) is 0 Å². The molecule has 0 aromatic heterocycles. The van der Waals surface area contributed by atoms with Gasteiger partial charge >= 0.3 is 0 Å². The zero-order valence-electron chi connectivity index (χ0n) is 12.2. The van der Waals surface area contributed by atoms with Crippen molar-refractivity contribution in [2.24, 2.45) is 0 Å². The summed E-state index contributed by atoms with van der Waals surface area (Å²) < 4.78 is 5.25. The van der Waals surface area contributed by atoms with Gasteiger partial charge in [-0.3, -0.25) is 0 Å². The summed E-state index contributed by atoms with van der Waals surface area (Å²) in [6.07, 6.45) is 1.72. The number of methoxy groups -OCH3 is 1. The number of aryl methyl sites for hydroxylation is 1. The predicted molar refractivity (Wildman–Crippen MR) is 81.3 cm³/mol. The molecular weight excluding hydrogens is 248 g/mol. The first-order valence-corrected chi connectivity index (χ1v) is 6.74. The third kappa shape index (κ3) is 3.08. The lowest BCUT2D eigenvalue weighted by molar-refractivity contribution is -0.112. The summed E-state index contributed by atoms with van der Waals surface area (Å²) in [4.78, 5) is 11.7. The Hall–Kier alpha value is -2.09. The summed E-state index contributed by atoms with van der Waals surface area (Å²) >= 11 is 0. The molecule has 2 nitrogen and oxygen atoms in total. The van der Waals surface area contributed by atoms with E-state index in [1.807, 2.05) is 37.3 Å². The second-order valence-corrected chi connectivity index (χ2v) is 5.43. The molecule has 0 fully saturated rings. The number of rotatable bonds is 5. The van der Waals surface area contributed by atoms with Crippen LogP contribution in [0.1, 0.15) is 23.6 Å². The Morgan fingerprint density at radius 1 is 1.15 bits per heavy atom. The Morgan fingerprint density at radius 3 is 2.55 bits per heavy atom. The highest BCUT2D eigenvalue weighted by Gasteiger charge is 2.27. The van der Waals surface area contributed by atoms with Crippen molar-refractivity contribution in [2.45, 2.75) is 25.7 Å². The van der Waals surface area contributed by atoms with Crippen molar-refractivity contribution < 1.29 is 9.53 Å². The molecule has 1 atom stereocenters. The van der Waals surface area contributed by atoms with Crippen molar-refractivity contribution in [3.63, 3.8) is 0 Å². The van der Waals surface area contributed by atoms with Crippen molar-refractivity contribution in [1.82, 2.24) is 0 Å². The zero-order chi connectivity index (χ0) is 14.6. The Morgan fingerprint density at radius 2 is 1.90 bits per heavy atom. The lowest BCUT2D eigenvalue weighted by atomic mass is 9.78. The minimum absolute atomic E-state index is 0.539. The maximum Gasteiger partial charge on any atom is 0.130 e. The minimum atomic E-state index is -0.539.